The topological polar surface area (TPSA) is 40.9 Å². The van der Waals surface area contributed by atoms with Gasteiger partial charge < -0.3 is 0 Å². The van der Waals surface area contributed by atoms with Crippen LogP contribution >= 0.6 is 11.6 Å². The minimum atomic E-state index is -0.188. The first-order valence-electron chi connectivity index (χ1n) is 5.68. The number of nitriles is 1. The Hall–Kier alpha value is -2.37. The molecule has 0 bridgehead atoms. The zero-order valence-electron chi connectivity index (χ0n) is 10.0. The summed E-state index contributed by atoms with van der Waals surface area (Å²) in [5.74, 6) is -0.188. The zero-order chi connectivity index (χ0) is 13.7. The minimum absolute atomic E-state index is 0.188. The van der Waals surface area contributed by atoms with Gasteiger partial charge in [0.1, 0.15) is 0 Å². The van der Waals surface area contributed by atoms with E-state index >= 15 is 0 Å². The summed E-state index contributed by atoms with van der Waals surface area (Å²) in [6.07, 6.45) is 1.35. The highest BCUT2D eigenvalue weighted by Crippen LogP contribution is 2.18. The van der Waals surface area contributed by atoms with Crippen LogP contribution in [0, 0.1) is 11.3 Å². The van der Waals surface area contributed by atoms with Gasteiger partial charge in [-0.1, -0.05) is 54.1 Å². The largest absolute Gasteiger partial charge is 0.289 e. The van der Waals surface area contributed by atoms with Crippen LogP contribution in [0.3, 0.4) is 0 Å². The van der Waals surface area contributed by atoms with Crippen LogP contribution in [0.5, 0.6) is 0 Å². The maximum atomic E-state index is 12.0. The van der Waals surface area contributed by atoms with E-state index in [1.807, 2.05) is 12.1 Å². The van der Waals surface area contributed by atoms with E-state index in [-0.39, 0.29) is 5.78 Å². The summed E-state index contributed by atoms with van der Waals surface area (Å²) < 4.78 is 0. The third-order valence-corrected chi connectivity index (χ3v) is 2.86. The Kier molecular flexibility index (Phi) is 4.12. The van der Waals surface area contributed by atoms with Crippen LogP contribution in [-0.4, -0.2) is 5.78 Å². The van der Waals surface area contributed by atoms with Crippen LogP contribution in [0.25, 0.3) is 5.57 Å². The lowest BCUT2D eigenvalue weighted by atomic mass is 10.0. The molecule has 3 heteroatoms. The predicted octanol–water partition coefficient (Wildman–Crippen LogP) is 4.13. The van der Waals surface area contributed by atoms with Crippen molar-refractivity contribution in [2.45, 2.75) is 0 Å². The fraction of sp³-hybridized carbons (Fsp3) is 0. The molecule has 2 nitrogen and oxygen atoms in total. The van der Waals surface area contributed by atoms with E-state index in [0.717, 1.165) is 0 Å². The maximum absolute atomic E-state index is 12.0. The SMILES string of the molecule is N#C/C(=C\C(=O)c1ccccc1)c1ccc(Cl)cc1. The zero-order valence-corrected chi connectivity index (χ0v) is 10.8. The summed E-state index contributed by atoms with van der Waals surface area (Å²) in [5, 5.41) is 9.73. The van der Waals surface area contributed by atoms with Gasteiger partial charge in [-0.15, -0.1) is 0 Å². The normalized spacial score (nSPS) is 10.8. The number of rotatable bonds is 3. The Morgan fingerprint density at radius 2 is 1.63 bits per heavy atom. The lowest BCUT2D eigenvalue weighted by molar-refractivity contribution is 0.104. The number of hydrogen-bond acceptors (Lipinski definition) is 2. The molecule has 0 radical (unpaired) electrons. The van der Waals surface area contributed by atoms with Gasteiger partial charge in [0, 0.05) is 16.7 Å². The van der Waals surface area contributed by atoms with Crippen molar-refractivity contribution >= 4 is 23.0 Å². The number of hydrogen-bond donors (Lipinski definition) is 0. The molecule has 0 aromatic heterocycles. The van der Waals surface area contributed by atoms with Gasteiger partial charge in [-0.3, -0.25) is 4.79 Å². The summed E-state index contributed by atoms with van der Waals surface area (Å²) in [4.78, 5) is 12.0. The highest BCUT2D eigenvalue weighted by Gasteiger charge is 2.06. The van der Waals surface area contributed by atoms with Gasteiger partial charge in [-0.05, 0) is 17.7 Å². The molecule has 0 spiro atoms. The average molecular weight is 268 g/mol. The standard InChI is InChI=1S/C16H10ClNO/c17-15-8-6-12(7-9-15)14(11-18)10-16(19)13-4-2-1-3-5-13/h1-10H/b14-10+. The number of carbonyl (C=O) groups is 1. The van der Waals surface area contributed by atoms with Gasteiger partial charge in [-0.25, -0.2) is 0 Å². The Morgan fingerprint density at radius 1 is 1.00 bits per heavy atom. The van der Waals surface area contributed by atoms with Gasteiger partial charge in [0.25, 0.3) is 0 Å². The molecule has 0 aliphatic heterocycles. The van der Waals surface area contributed by atoms with Crippen LogP contribution in [0.1, 0.15) is 15.9 Å². The lowest BCUT2D eigenvalue weighted by Crippen LogP contribution is -1.95. The minimum Gasteiger partial charge on any atom is -0.289 e. The molecule has 0 saturated heterocycles. The van der Waals surface area contributed by atoms with Gasteiger partial charge in [0.15, 0.2) is 5.78 Å². The molecule has 0 fully saturated rings. The van der Waals surface area contributed by atoms with Gasteiger partial charge in [0.05, 0.1) is 11.6 Å². The first kappa shape index (κ1) is 13.1. The van der Waals surface area contributed by atoms with Crippen LogP contribution < -0.4 is 0 Å². The van der Waals surface area contributed by atoms with E-state index in [2.05, 4.69) is 0 Å². The third-order valence-electron chi connectivity index (χ3n) is 2.61. The van der Waals surface area contributed by atoms with Crippen molar-refractivity contribution in [3.05, 3.63) is 76.8 Å². The average Bonchev–Trinajstić information content (AvgIpc) is 2.46. The molecule has 0 aliphatic rings. The molecule has 0 amide bonds. The fourth-order valence-corrected chi connectivity index (χ4v) is 1.75. The van der Waals surface area contributed by atoms with Crippen molar-refractivity contribution in [3.8, 4) is 6.07 Å². The maximum Gasteiger partial charge on any atom is 0.187 e. The molecule has 2 aromatic rings. The second-order valence-electron chi connectivity index (χ2n) is 3.91. The van der Waals surface area contributed by atoms with Crippen molar-refractivity contribution in [2.24, 2.45) is 0 Å². The molecule has 2 aromatic carbocycles. The molecule has 0 atom stereocenters. The molecule has 0 unspecified atom stereocenters. The highest BCUT2D eigenvalue weighted by atomic mass is 35.5. The Labute approximate surface area is 116 Å². The van der Waals surface area contributed by atoms with Gasteiger partial charge >= 0.3 is 0 Å². The molecular weight excluding hydrogens is 258 g/mol. The van der Waals surface area contributed by atoms with Crippen molar-refractivity contribution in [1.82, 2.24) is 0 Å². The lowest BCUT2D eigenvalue weighted by Gasteiger charge is -2.00. The second-order valence-corrected chi connectivity index (χ2v) is 4.34. The summed E-state index contributed by atoms with van der Waals surface area (Å²) in [5.41, 5.74) is 1.56. The van der Waals surface area contributed by atoms with E-state index < -0.39 is 0 Å². The van der Waals surface area contributed by atoms with Crippen LogP contribution in [-0.2, 0) is 0 Å². The molecule has 19 heavy (non-hydrogen) atoms. The second kappa shape index (κ2) is 5.99. The molecule has 2 rings (SSSR count). The molecule has 0 aliphatic carbocycles. The summed E-state index contributed by atoms with van der Waals surface area (Å²) in [6.45, 7) is 0. The number of allylic oxidation sites excluding steroid dienone is 2. The smallest absolute Gasteiger partial charge is 0.187 e. The monoisotopic (exact) mass is 267 g/mol. The molecule has 0 N–H and O–H groups in total. The van der Waals surface area contributed by atoms with Crippen LogP contribution in [0.2, 0.25) is 5.02 Å². The molecular formula is C16H10ClNO. The van der Waals surface area contributed by atoms with E-state index in [1.54, 1.807) is 48.5 Å². The van der Waals surface area contributed by atoms with Crippen LogP contribution in [0.4, 0.5) is 0 Å². The molecule has 0 saturated carbocycles. The number of benzene rings is 2. The Balaban J connectivity index is 2.33. The van der Waals surface area contributed by atoms with Gasteiger partial charge in [-0.2, -0.15) is 5.26 Å². The van der Waals surface area contributed by atoms with E-state index in [0.29, 0.717) is 21.7 Å². The summed E-state index contributed by atoms with van der Waals surface area (Å²) in [7, 11) is 0. The fourth-order valence-electron chi connectivity index (χ4n) is 1.63. The van der Waals surface area contributed by atoms with Crippen molar-refractivity contribution in [2.75, 3.05) is 0 Å². The quantitative estimate of drug-likeness (QED) is 0.477. The summed E-state index contributed by atoms with van der Waals surface area (Å²) >= 11 is 5.79. The molecule has 92 valence electrons. The van der Waals surface area contributed by atoms with E-state index in [4.69, 9.17) is 16.9 Å². The highest BCUT2D eigenvalue weighted by molar-refractivity contribution is 6.30. The van der Waals surface area contributed by atoms with Crippen molar-refractivity contribution < 1.29 is 4.79 Å². The first-order chi connectivity index (χ1) is 9.20. The number of ketones is 1. The summed E-state index contributed by atoms with van der Waals surface area (Å²) in [6, 6.07) is 17.7. The number of nitrogens with zero attached hydrogens (tertiary/aromatic N) is 1. The number of halogens is 1. The first-order valence-corrected chi connectivity index (χ1v) is 6.05. The van der Waals surface area contributed by atoms with E-state index in [1.165, 1.54) is 6.08 Å². The predicted molar refractivity (Wildman–Crippen MR) is 75.8 cm³/mol. The molecule has 0 heterocycles. The van der Waals surface area contributed by atoms with E-state index in [9.17, 15) is 4.79 Å². The van der Waals surface area contributed by atoms with Crippen LogP contribution in [0.15, 0.2) is 60.7 Å². The third kappa shape index (κ3) is 3.31. The Morgan fingerprint density at radius 3 is 2.21 bits per heavy atom. The van der Waals surface area contributed by atoms with Crippen molar-refractivity contribution in [3.63, 3.8) is 0 Å². The number of carbonyl (C=O) groups excluding carboxylic acids is 1. The van der Waals surface area contributed by atoms with Crippen molar-refractivity contribution in [1.29, 1.82) is 5.26 Å². The Bertz CT molecular complexity index is 651. The van der Waals surface area contributed by atoms with Gasteiger partial charge in [0.2, 0.25) is 0 Å².